The Kier molecular flexibility index (Phi) is 5.36. The van der Waals surface area contributed by atoms with Crippen LogP contribution in [0.4, 0.5) is 0 Å². The van der Waals surface area contributed by atoms with E-state index in [1.807, 2.05) is 30.3 Å². The summed E-state index contributed by atoms with van der Waals surface area (Å²) in [5, 5.41) is 11.1. The smallest absolute Gasteiger partial charge is 0.325 e. The first-order valence-electron chi connectivity index (χ1n) is 6.08. The molecular weight excluding hydrogens is 230 g/mol. The molecule has 0 fully saturated rings. The highest BCUT2D eigenvalue weighted by atomic mass is 16.4. The highest BCUT2D eigenvalue weighted by Crippen LogP contribution is 2.19. The van der Waals surface area contributed by atoms with Gasteiger partial charge in [-0.25, -0.2) is 0 Å². The summed E-state index contributed by atoms with van der Waals surface area (Å²) in [6.45, 7) is 3.52. The van der Waals surface area contributed by atoms with Crippen LogP contribution in [0.3, 0.4) is 0 Å². The van der Waals surface area contributed by atoms with Gasteiger partial charge in [0, 0.05) is 6.42 Å². The summed E-state index contributed by atoms with van der Waals surface area (Å²) in [7, 11) is 0. The summed E-state index contributed by atoms with van der Waals surface area (Å²) < 4.78 is 0. The fourth-order valence-corrected chi connectivity index (χ4v) is 1.67. The molecule has 1 amide bonds. The molecule has 4 nitrogen and oxygen atoms in total. The van der Waals surface area contributed by atoms with Crippen LogP contribution >= 0.6 is 0 Å². The fraction of sp³-hybridized carbons (Fsp3) is 0.429. The van der Waals surface area contributed by atoms with Crippen molar-refractivity contribution in [2.75, 3.05) is 0 Å². The molecule has 0 aliphatic rings. The van der Waals surface area contributed by atoms with E-state index in [9.17, 15) is 9.59 Å². The maximum absolute atomic E-state index is 11.5. The van der Waals surface area contributed by atoms with E-state index in [4.69, 9.17) is 5.11 Å². The maximum Gasteiger partial charge on any atom is 0.325 e. The van der Waals surface area contributed by atoms with Crippen molar-refractivity contribution in [3.05, 3.63) is 35.9 Å². The predicted molar refractivity (Wildman–Crippen MR) is 69.3 cm³/mol. The lowest BCUT2D eigenvalue weighted by Crippen LogP contribution is -2.38. The number of carboxylic acids is 1. The van der Waals surface area contributed by atoms with Gasteiger partial charge >= 0.3 is 5.97 Å². The van der Waals surface area contributed by atoms with Gasteiger partial charge in [0.15, 0.2) is 0 Å². The molecule has 2 atom stereocenters. The third-order valence-electron chi connectivity index (χ3n) is 2.92. The van der Waals surface area contributed by atoms with Gasteiger partial charge in [-0.3, -0.25) is 9.59 Å². The SMILES string of the molecule is CC(CCC(=O)N[C@@H](C)C(=O)O)c1ccccc1. The number of carbonyl (C=O) groups is 2. The Morgan fingerprint density at radius 2 is 1.83 bits per heavy atom. The molecular formula is C14H19NO3. The quantitative estimate of drug-likeness (QED) is 0.812. The van der Waals surface area contributed by atoms with Gasteiger partial charge < -0.3 is 10.4 Å². The van der Waals surface area contributed by atoms with Gasteiger partial charge in [-0.2, -0.15) is 0 Å². The lowest BCUT2D eigenvalue weighted by molar-refractivity contribution is -0.141. The summed E-state index contributed by atoms with van der Waals surface area (Å²) in [4.78, 5) is 22.1. The molecule has 18 heavy (non-hydrogen) atoms. The molecule has 0 spiro atoms. The second-order valence-electron chi connectivity index (χ2n) is 4.48. The molecule has 0 radical (unpaired) electrons. The van der Waals surface area contributed by atoms with Crippen LogP contribution in [0.2, 0.25) is 0 Å². The Hall–Kier alpha value is -1.84. The number of carbonyl (C=O) groups excluding carboxylic acids is 1. The number of benzene rings is 1. The van der Waals surface area contributed by atoms with Gasteiger partial charge in [0.1, 0.15) is 6.04 Å². The number of hydrogen-bond acceptors (Lipinski definition) is 2. The van der Waals surface area contributed by atoms with Gasteiger partial charge in [0.25, 0.3) is 0 Å². The minimum absolute atomic E-state index is 0.215. The van der Waals surface area contributed by atoms with Crippen molar-refractivity contribution in [3.8, 4) is 0 Å². The Morgan fingerprint density at radius 3 is 2.39 bits per heavy atom. The first kappa shape index (κ1) is 14.2. The normalized spacial score (nSPS) is 13.7. The molecule has 98 valence electrons. The van der Waals surface area contributed by atoms with Crippen molar-refractivity contribution >= 4 is 11.9 Å². The van der Waals surface area contributed by atoms with Crippen LogP contribution in [0.25, 0.3) is 0 Å². The van der Waals surface area contributed by atoms with Crippen LogP contribution in [0, 0.1) is 0 Å². The average Bonchev–Trinajstić information content (AvgIpc) is 2.36. The zero-order chi connectivity index (χ0) is 13.5. The minimum Gasteiger partial charge on any atom is -0.480 e. The molecule has 1 aromatic carbocycles. The van der Waals surface area contributed by atoms with E-state index in [0.29, 0.717) is 12.8 Å². The van der Waals surface area contributed by atoms with Crippen molar-refractivity contribution < 1.29 is 14.7 Å². The largest absolute Gasteiger partial charge is 0.480 e. The first-order valence-corrected chi connectivity index (χ1v) is 6.08. The van der Waals surface area contributed by atoms with E-state index < -0.39 is 12.0 Å². The van der Waals surface area contributed by atoms with Crippen LogP contribution in [-0.4, -0.2) is 23.0 Å². The van der Waals surface area contributed by atoms with Gasteiger partial charge in [-0.1, -0.05) is 37.3 Å². The van der Waals surface area contributed by atoms with Crippen LogP contribution < -0.4 is 5.32 Å². The number of carboxylic acid groups (broad SMARTS) is 1. The van der Waals surface area contributed by atoms with E-state index in [-0.39, 0.29) is 11.8 Å². The van der Waals surface area contributed by atoms with E-state index in [1.165, 1.54) is 12.5 Å². The number of nitrogens with one attached hydrogen (secondary N) is 1. The van der Waals surface area contributed by atoms with Gasteiger partial charge in [0.2, 0.25) is 5.91 Å². The Bertz CT molecular complexity index is 403. The van der Waals surface area contributed by atoms with Crippen molar-refractivity contribution in [2.24, 2.45) is 0 Å². The van der Waals surface area contributed by atoms with Crippen molar-refractivity contribution in [1.82, 2.24) is 5.32 Å². The standard InChI is InChI=1S/C14H19NO3/c1-10(12-6-4-3-5-7-12)8-9-13(16)15-11(2)14(17)18/h3-7,10-11H,8-9H2,1-2H3,(H,15,16)(H,17,18)/t10?,11-/m0/s1. The summed E-state index contributed by atoms with van der Waals surface area (Å²) in [5.74, 6) is -0.941. The molecule has 0 saturated carbocycles. The van der Waals surface area contributed by atoms with E-state index in [2.05, 4.69) is 12.2 Å². The zero-order valence-corrected chi connectivity index (χ0v) is 10.7. The molecule has 0 bridgehead atoms. The monoisotopic (exact) mass is 249 g/mol. The number of aliphatic carboxylic acids is 1. The third-order valence-corrected chi connectivity index (χ3v) is 2.92. The third kappa shape index (κ3) is 4.57. The number of amides is 1. The summed E-state index contributed by atoms with van der Waals surface area (Å²) >= 11 is 0. The molecule has 0 aliphatic heterocycles. The average molecular weight is 249 g/mol. The molecule has 0 heterocycles. The maximum atomic E-state index is 11.5. The molecule has 1 aromatic rings. The van der Waals surface area contributed by atoms with E-state index in [1.54, 1.807) is 0 Å². The summed E-state index contributed by atoms with van der Waals surface area (Å²) in [6, 6.07) is 9.13. The van der Waals surface area contributed by atoms with Gasteiger partial charge in [-0.15, -0.1) is 0 Å². The fourth-order valence-electron chi connectivity index (χ4n) is 1.67. The van der Waals surface area contributed by atoms with Crippen LogP contribution in [0.1, 0.15) is 38.2 Å². The lowest BCUT2D eigenvalue weighted by atomic mass is 9.96. The zero-order valence-electron chi connectivity index (χ0n) is 10.7. The highest BCUT2D eigenvalue weighted by Gasteiger charge is 2.14. The molecule has 1 unspecified atom stereocenters. The van der Waals surface area contributed by atoms with Crippen molar-refractivity contribution in [3.63, 3.8) is 0 Å². The predicted octanol–water partition coefficient (Wildman–Crippen LogP) is 2.16. The van der Waals surface area contributed by atoms with Crippen molar-refractivity contribution in [1.29, 1.82) is 0 Å². The molecule has 0 aliphatic carbocycles. The molecule has 0 aromatic heterocycles. The van der Waals surface area contributed by atoms with Crippen LogP contribution in [-0.2, 0) is 9.59 Å². The summed E-state index contributed by atoms with van der Waals surface area (Å²) in [6.07, 6.45) is 1.05. The van der Waals surface area contributed by atoms with Crippen LogP contribution in [0.5, 0.6) is 0 Å². The summed E-state index contributed by atoms with van der Waals surface area (Å²) in [5.41, 5.74) is 1.19. The lowest BCUT2D eigenvalue weighted by Gasteiger charge is -2.13. The molecule has 1 rings (SSSR count). The topological polar surface area (TPSA) is 66.4 Å². The first-order chi connectivity index (χ1) is 8.50. The van der Waals surface area contributed by atoms with Gasteiger partial charge in [0.05, 0.1) is 0 Å². The van der Waals surface area contributed by atoms with E-state index in [0.717, 1.165) is 0 Å². The van der Waals surface area contributed by atoms with E-state index >= 15 is 0 Å². The molecule has 4 heteroatoms. The number of hydrogen-bond donors (Lipinski definition) is 2. The Morgan fingerprint density at radius 1 is 1.22 bits per heavy atom. The highest BCUT2D eigenvalue weighted by molar-refractivity contribution is 5.83. The minimum atomic E-state index is -1.01. The van der Waals surface area contributed by atoms with Crippen LogP contribution in [0.15, 0.2) is 30.3 Å². The molecule has 2 N–H and O–H groups in total. The Balaban J connectivity index is 2.37. The van der Waals surface area contributed by atoms with Crippen molar-refractivity contribution in [2.45, 2.75) is 38.6 Å². The molecule has 0 saturated heterocycles. The number of rotatable bonds is 6. The van der Waals surface area contributed by atoms with Gasteiger partial charge in [-0.05, 0) is 24.8 Å². The second kappa shape index (κ2) is 6.79. The Labute approximate surface area is 107 Å². The second-order valence-corrected chi connectivity index (χ2v) is 4.48.